The standard InChI is InChI=1S/C14H7BrF3NO/c15-10-3-4-11(16)14(13(10)18)20-7-9-2-1-8(6-19)5-12(9)17/h1-5H,7H2. The van der Waals surface area contributed by atoms with Gasteiger partial charge in [0.05, 0.1) is 16.1 Å². The molecule has 0 N–H and O–H groups in total. The molecule has 0 aliphatic carbocycles. The molecular weight excluding hydrogens is 335 g/mol. The Morgan fingerprint density at radius 1 is 1.10 bits per heavy atom. The lowest BCUT2D eigenvalue weighted by Gasteiger charge is -2.10. The third-order valence-electron chi connectivity index (χ3n) is 2.56. The lowest BCUT2D eigenvalue weighted by molar-refractivity contribution is 0.268. The monoisotopic (exact) mass is 341 g/mol. The average molecular weight is 342 g/mol. The van der Waals surface area contributed by atoms with Gasteiger partial charge in [0.25, 0.3) is 0 Å². The van der Waals surface area contributed by atoms with E-state index < -0.39 is 23.2 Å². The van der Waals surface area contributed by atoms with E-state index in [1.807, 2.05) is 0 Å². The lowest BCUT2D eigenvalue weighted by atomic mass is 10.1. The Kier molecular flexibility index (Phi) is 4.30. The summed E-state index contributed by atoms with van der Waals surface area (Å²) in [7, 11) is 0. The fourth-order valence-electron chi connectivity index (χ4n) is 1.52. The van der Waals surface area contributed by atoms with Gasteiger partial charge in [-0.3, -0.25) is 0 Å². The van der Waals surface area contributed by atoms with Gasteiger partial charge in [0.1, 0.15) is 12.4 Å². The molecule has 2 aromatic rings. The molecule has 0 radical (unpaired) electrons. The zero-order chi connectivity index (χ0) is 14.7. The van der Waals surface area contributed by atoms with Gasteiger partial charge in [-0.15, -0.1) is 0 Å². The molecule has 2 nitrogen and oxygen atoms in total. The number of hydrogen-bond donors (Lipinski definition) is 0. The molecule has 0 spiro atoms. The summed E-state index contributed by atoms with van der Waals surface area (Å²) in [6, 6.07) is 7.80. The highest BCUT2D eigenvalue weighted by Gasteiger charge is 2.14. The Labute approximate surface area is 121 Å². The van der Waals surface area contributed by atoms with Crippen LogP contribution < -0.4 is 4.74 Å². The second-order valence-electron chi connectivity index (χ2n) is 3.88. The highest BCUT2D eigenvalue weighted by atomic mass is 79.9. The number of benzene rings is 2. The van der Waals surface area contributed by atoms with Crippen molar-refractivity contribution in [1.29, 1.82) is 5.26 Å². The minimum atomic E-state index is -0.890. The molecule has 0 atom stereocenters. The molecular formula is C14H7BrF3NO. The summed E-state index contributed by atoms with van der Waals surface area (Å²) in [4.78, 5) is 0. The summed E-state index contributed by atoms with van der Waals surface area (Å²) in [5.74, 6) is -3.01. The van der Waals surface area contributed by atoms with Crippen LogP contribution in [0.1, 0.15) is 11.1 Å². The molecule has 6 heteroatoms. The van der Waals surface area contributed by atoms with Gasteiger partial charge in [0, 0.05) is 5.56 Å². The first-order chi connectivity index (χ1) is 9.52. The fraction of sp³-hybridized carbons (Fsp3) is 0.0714. The summed E-state index contributed by atoms with van der Waals surface area (Å²) < 4.78 is 45.7. The highest BCUT2D eigenvalue weighted by Crippen LogP contribution is 2.28. The van der Waals surface area contributed by atoms with Crippen LogP contribution >= 0.6 is 15.9 Å². The van der Waals surface area contributed by atoms with Crippen LogP contribution in [0, 0.1) is 28.8 Å². The van der Waals surface area contributed by atoms with E-state index in [0.717, 1.165) is 12.1 Å². The maximum Gasteiger partial charge on any atom is 0.192 e. The number of ether oxygens (including phenoxy) is 1. The van der Waals surface area contributed by atoms with E-state index in [1.54, 1.807) is 6.07 Å². The molecule has 0 bridgehead atoms. The average Bonchev–Trinajstić information content (AvgIpc) is 2.44. The zero-order valence-corrected chi connectivity index (χ0v) is 11.5. The molecule has 0 aliphatic heterocycles. The van der Waals surface area contributed by atoms with Crippen LogP contribution in [-0.4, -0.2) is 0 Å². The van der Waals surface area contributed by atoms with Gasteiger partial charge in [-0.25, -0.2) is 13.2 Å². The van der Waals surface area contributed by atoms with Gasteiger partial charge < -0.3 is 4.74 Å². The second-order valence-corrected chi connectivity index (χ2v) is 4.73. The first-order valence-electron chi connectivity index (χ1n) is 5.47. The third-order valence-corrected chi connectivity index (χ3v) is 3.17. The normalized spacial score (nSPS) is 10.2. The molecule has 0 heterocycles. The van der Waals surface area contributed by atoms with E-state index >= 15 is 0 Å². The van der Waals surface area contributed by atoms with Crippen LogP contribution in [0.25, 0.3) is 0 Å². The minimum absolute atomic E-state index is 0.0502. The molecule has 0 amide bonds. The third kappa shape index (κ3) is 2.94. The van der Waals surface area contributed by atoms with Crippen molar-refractivity contribution >= 4 is 15.9 Å². The summed E-state index contributed by atoms with van der Waals surface area (Å²) >= 11 is 2.91. The Balaban J connectivity index is 2.22. The molecule has 0 saturated heterocycles. The fourth-order valence-corrected chi connectivity index (χ4v) is 1.84. The van der Waals surface area contributed by atoms with E-state index in [-0.39, 0.29) is 22.2 Å². The number of rotatable bonds is 3. The zero-order valence-electron chi connectivity index (χ0n) is 9.96. The predicted octanol–water partition coefficient (Wildman–Crippen LogP) is 4.32. The van der Waals surface area contributed by atoms with Crippen molar-refractivity contribution in [2.75, 3.05) is 0 Å². The van der Waals surface area contributed by atoms with Crippen molar-refractivity contribution in [1.82, 2.24) is 0 Å². The molecule has 20 heavy (non-hydrogen) atoms. The van der Waals surface area contributed by atoms with E-state index in [2.05, 4.69) is 15.9 Å². The number of halogens is 4. The van der Waals surface area contributed by atoms with Crippen LogP contribution in [0.2, 0.25) is 0 Å². The predicted molar refractivity (Wildman–Crippen MR) is 69.5 cm³/mol. The van der Waals surface area contributed by atoms with Crippen LogP contribution in [0.15, 0.2) is 34.8 Å². The van der Waals surface area contributed by atoms with E-state index in [9.17, 15) is 13.2 Å². The maximum absolute atomic E-state index is 13.6. The Bertz CT molecular complexity index is 698. The molecule has 0 aliphatic rings. The molecule has 0 fully saturated rings. The first-order valence-corrected chi connectivity index (χ1v) is 6.27. The van der Waals surface area contributed by atoms with Gasteiger partial charge in [-0.05, 0) is 40.2 Å². The molecule has 2 rings (SSSR count). The Hall–Kier alpha value is -2.00. The smallest absolute Gasteiger partial charge is 0.192 e. The number of nitrogens with zero attached hydrogens (tertiary/aromatic N) is 1. The summed E-state index contributed by atoms with van der Waals surface area (Å²) in [6.45, 7) is -0.345. The van der Waals surface area contributed by atoms with Gasteiger partial charge in [0.2, 0.25) is 0 Å². The Morgan fingerprint density at radius 2 is 1.85 bits per heavy atom. The topological polar surface area (TPSA) is 33.0 Å². The van der Waals surface area contributed by atoms with Gasteiger partial charge >= 0.3 is 0 Å². The Morgan fingerprint density at radius 3 is 2.50 bits per heavy atom. The van der Waals surface area contributed by atoms with Crippen molar-refractivity contribution in [2.45, 2.75) is 6.61 Å². The largest absolute Gasteiger partial charge is 0.483 e. The minimum Gasteiger partial charge on any atom is -0.483 e. The van der Waals surface area contributed by atoms with E-state index in [4.69, 9.17) is 10.00 Å². The van der Waals surface area contributed by atoms with Gasteiger partial charge in [-0.2, -0.15) is 5.26 Å². The van der Waals surface area contributed by atoms with Gasteiger partial charge in [-0.1, -0.05) is 6.07 Å². The molecule has 0 aromatic heterocycles. The van der Waals surface area contributed by atoms with Crippen LogP contribution in [-0.2, 0) is 6.61 Å². The molecule has 102 valence electrons. The van der Waals surface area contributed by atoms with Crippen LogP contribution in [0.4, 0.5) is 13.2 Å². The van der Waals surface area contributed by atoms with Crippen molar-refractivity contribution in [3.63, 3.8) is 0 Å². The summed E-state index contributed by atoms with van der Waals surface area (Å²) in [5, 5.41) is 8.61. The van der Waals surface area contributed by atoms with Crippen LogP contribution in [0.3, 0.4) is 0 Å². The summed E-state index contributed by atoms with van der Waals surface area (Å²) in [6.07, 6.45) is 0. The first kappa shape index (κ1) is 14.4. The van der Waals surface area contributed by atoms with Gasteiger partial charge in [0.15, 0.2) is 17.4 Å². The van der Waals surface area contributed by atoms with Crippen LogP contribution in [0.5, 0.6) is 5.75 Å². The number of hydrogen-bond acceptors (Lipinski definition) is 2. The van der Waals surface area contributed by atoms with E-state index in [0.29, 0.717) is 0 Å². The quantitative estimate of drug-likeness (QED) is 0.779. The summed E-state index contributed by atoms with van der Waals surface area (Å²) in [5.41, 5.74) is 0.258. The lowest BCUT2D eigenvalue weighted by Crippen LogP contribution is -2.02. The SMILES string of the molecule is N#Cc1ccc(COc2c(F)ccc(Br)c2F)c(F)c1. The molecule has 0 saturated carbocycles. The second kappa shape index (κ2) is 5.97. The van der Waals surface area contributed by atoms with Crippen molar-refractivity contribution < 1.29 is 17.9 Å². The molecule has 2 aromatic carbocycles. The number of nitriles is 1. The maximum atomic E-state index is 13.6. The van der Waals surface area contributed by atoms with Crippen molar-refractivity contribution in [3.05, 3.63) is 63.4 Å². The van der Waals surface area contributed by atoms with Crippen molar-refractivity contribution in [3.8, 4) is 11.8 Å². The molecule has 0 unspecified atom stereocenters. The van der Waals surface area contributed by atoms with Crippen molar-refractivity contribution in [2.24, 2.45) is 0 Å². The highest BCUT2D eigenvalue weighted by molar-refractivity contribution is 9.10. The van der Waals surface area contributed by atoms with E-state index in [1.165, 1.54) is 18.2 Å².